The Labute approximate surface area is 144 Å². The highest BCUT2D eigenvalue weighted by atomic mass is 19.1. The molecule has 1 aromatic carbocycles. The fourth-order valence-electron chi connectivity index (χ4n) is 1.97. The van der Waals surface area contributed by atoms with Gasteiger partial charge in [0.15, 0.2) is 17.4 Å². The average Bonchev–Trinajstić information content (AvgIpc) is 2.94. The number of halogens is 1. The third kappa shape index (κ3) is 4.54. The smallest absolute Gasteiger partial charge is 0.201 e. The van der Waals surface area contributed by atoms with Crippen LogP contribution in [0, 0.1) is 29.5 Å². The number of nitrogens with two attached hydrogens (primary N) is 1. The Balaban J connectivity index is 2.05. The lowest BCUT2D eigenvalue weighted by atomic mass is 10.2. The fourth-order valence-corrected chi connectivity index (χ4v) is 1.97. The van der Waals surface area contributed by atoms with Crippen molar-refractivity contribution < 1.29 is 9.13 Å². The standard InChI is InChI=1S/C16H18FN7O/c1-3-24-8-11(10(2)23-24)9-25-15-5-4-12(6-13(15)17)21-22-14(7-18)16(19)20/h4-6,8,21H,3,9H2,1-2H3,(H3,19,20)/b22-14+. The number of aryl methyl sites for hydroxylation is 2. The van der Waals surface area contributed by atoms with Gasteiger partial charge in [0.2, 0.25) is 5.71 Å². The summed E-state index contributed by atoms with van der Waals surface area (Å²) in [5.74, 6) is -0.967. The van der Waals surface area contributed by atoms with Crippen LogP contribution in [0.4, 0.5) is 10.1 Å². The van der Waals surface area contributed by atoms with E-state index in [1.54, 1.807) is 16.8 Å². The van der Waals surface area contributed by atoms with Gasteiger partial charge in [-0.2, -0.15) is 15.5 Å². The normalized spacial score (nSPS) is 11.0. The van der Waals surface area contributed by atoms with Crippen molar-refractivity contribution in [1.29, 1.82) is 10.7 Å². The predicted octanol–water partition coefficient (Wildman–Crippen LogP) is 2.16. The molecule has 0 aliphatic heterocycles. The zero-order valence-electron chi connectivity index (χ0n) is 13.9. The zero-order valence-corrected chi connectivity index (χ0v) is 13.9. The molecule has 4 N–H and O–H groups in total. The van der Waals surface area contributed by atoms with Crippen LogP contribution in [0.15, 0.2) is 29.5 Å². The molecule has 9 heteroatoms. The molecule has 0 bridgehead atoms. The van der Waals surface area contributed by atoms with Crippen LogP contribution < -0.4 is 15.9 Å². The Morgan fingerprint density at radius 3 is 2.88 bits per heavy atom. The maximum absolute atomic E-state index is 14.1. The average molecular weight is 343 g/mol. The van der Waals surface area contributed by atoms with Crippen LogP contribution in [0.3, 0.4) is 0 Å². The summed E-state index contributed by atoms with van der Waals surface area (Å²) in [6, 6.07) is 5.83. The van der Waals surface area contributed by atoms with E-state index in [9.17, 15) is 4.39 Å². The number of hydrogen-bond acceptors (Lipinski definition) is 6. The SMILES string of the molecule is CCn1cc(COc2ccc(N/N=C(\C#N)C(=N)N)cc2F)c(C)n1. The molecule has 130 valence electrons. The molecule has 25 heavy (non-hydrogen) atoms. The molecule has 0 radical (unpaired) electrons. The molecular weight excluding hydrogens is 325 g/mol. The van der Waals surface area contributed by atoms with Gasteiger partial charge in [0.25, 0.3) is 0 Å². The van der Waals surface area contributed by atoms with Gasteiger partial charge in [-0.15, -0.1) is 0 Å². The number of benzene rings is 1. The van der Waals surface area contributed by atoms with E-state index in [0.717, 1.165) is 17.8 Å². The Kier molecular flexibility index (Phi) is 5.68. The van der Waals surface area contributed by atoms with Gasteiger partial charge in [-0.05, 0) is 26.0 Å². The van der Waals surface area contributed by atoms with Crippen LogP contribution in [0.2, 0.25) is 0 Å². The van der Waals surface area contributed by atoms with E-state index in [2.05, 4.69) is 15.6 Å². The van der Waals surface area contributed by atoms with E-state index in [0.29, 0.717) is 5.69 Å². The first kappa shape index (κ1) is 17.9. The molecule has 0 unspecified atom stereocenters. The lowest BCUT2D eigenvalue weighted by Crippen LogP contribution is -2.21. The summed E-state index contributed by atoms with van der Waals surface area (Å²) in [5.41, 5.74) is 9.38. The van der Waals surface area contributed by atoms with Crippen molar-refractivity contribution in [3.8, 4) is 11.8 Å². The fraction of sp³-hybridized carbons (Fsp3) is 0.250. The Hall–Kier alpha value is -3.41. The van der Waals surface area contributed by atoms with Gasteiger partial charge in [-0.1, -0.05) is 0 Å². The van der Waals surface area contributed by atoms with Crippen LogP contribution in [0.1, 0.15) is 18.2 Å². The summed E-state index contributed by atoms with van der Waals surface area (Å²) in [6.07, 6.45) is 1.86. The van der Waals surface area contributed by atoms with E-state index in [-0.39, 0.29) is 18.1 Å². The second-order valence-electron chi connectivity index (χ2n) is 5.13. The minimum absolute atomic E-state index is 0.0882. The molecule has 2 rings (SSSR count). The number of rotatable bonds is 7. The van der Waals surface area contributed by atoms with Gasteiger partial charge in [0.1, 0.15) is 12.7 Å². The lowest BCUT2D eigenvalue weighted by Gasteiger charge is -2.08. The molecule has 0 saturated carbocycles. The number of hydrazone groups is 1. The largest absolute Gasteiger partial charge is 0.486 e. The number of anilines is 1. The number of nitriles is 1. The summed E-state index contributed by atoms with van der Waals surface area (Å²) in [7, 11) is 0. The first-order valence-corrected chi connectivity index (χ1v) is 7.48. The predicted molar refractivity (Wildman–Crippen MR) is 92.0 cm³/mol. The quantitative estimate of drug-likeness (QED) is 0.403. The third-order valence-corrected chi connectivity index (χ3v) is 3.34. The van der Waals surface area contributed by atoms with Crippen LogP contribution in [0.25, 0.3) is 0 Å². The van der Waals surface area contributed by atoms with Gasteiger partial charge in [-0.3, -0.25) is 15.5 Å². The third-order valence-electron chi connectivity index (χ3n) is 3.34. The number of nitrogens with one attached hydrogen (secondary N) is 2. The zero-order chi connectivity index (χ0) is 18.4. The summed E-state index contributed by atoms with van der Waals surface area (Å²) >= 11 is 0. The molecule has 8 nitrogen and oxygen atoms in total. The van der Waals surface area contributed by atoms with Crippen molar-refractivity contribution in [2.75, 3.05) is 5.43 Å². The number of aromatic nitrogens is 2. The maximum Gasteiger partial charge on any atom is 0.201 e. The molecular formula is C16H18FN7O. The highest BCUT2D eigenvalue weighted by molar-refractivity contribution is 6.45. The second kappa shape index (κ2) is 7.92. The van der Waals surface area contributed by atoms with Crippen LogP contribution in [-0.4, -0.2) is 21.3 Å². The second-order valence-corrected chi connectivity index (χ2v) is 5.13. The van der Waals surface area contributed by atoms with Gasteiger partial charge < -0.3 is 10.5 Å². The topological polar surface area (TPSA) is 125 Å². The number of nitrogens with zero attached hydrogens (tertiary/aromatic N) is 4. The van der Waals surface area contributed by atoms with Crippen molar-refractivity contribution in [2.24, 2.45) is 10.8 Å². The molecule has 0 saturated heterocycles. The van der Waals surface area contributed by atoms with E-state index >= 15 is 0 Å². The molecule has 2 aromatic rings. The Bertz CT molecular complexity index is 851. The summed E-state index contributed by atoms with van der Waals surface area (Å²) in [6.45, 7) is 4.81. The maximum atomic E-state index is 14.1. The summed E-state index contributed by atoms with van der Waals surface area (Å²) < 4.78 is 21.4. The van der Waals surface area contributed by atoms with E-state index < -0.39 is 11.7 Å². The number of amidine groups is 1. The Morgan fingerprint density at radius 2 is 2.32 bits per heavy atom. The van der Waals surface area contributed by atoms with Crippen molar-refractivity contribution in [1.82, 2.24) is 9.78 Å². The van der Waals surface area contributed by atoms with Crippen LogP contribution in [0.5, 0.6) is 5.75 Å². The van der Waals surface area contributed by atoms with Gasteiger partial charge in [-0.25, -0.2) is 4.39 Å². The van der Waals surface area contributed by atoms with Crippen LogP contribution in [-0.2, 0) is 13.2 Å². The molecule has 0 aliphatic rings. The molecule has 0 fully saturated rings. The first-order chi connectivity index (χ1) is 11.9. The molecule has 0 spiro atoms. The van der Waals surface area contributed by atoms with Crippen LogP contribution >= 0.6 is 0 Å². The molecule has 1 aromatic heterocycles. The van der Waals surface area contributed by atoms with E-state index in [1.807, 2.05) is 20.0 Å². The van der Waals surface area contributed by atoms with Crippen molar-refractivity contribution in [3.05, 3.63) is 41.5 Å². The minimum Gasteiger partial charge on any atom is -0.486 e. The Morgan fingerprint density at radius 1 is 1.56 bits per heavy atom. The van der Waals surface area contributed by atoms with Gasteiger partial charge in [0.05, 0.1) is 11.4 Å². The van der Waals surface area contributed by atoms with Gasteiger partial charge in [0, 0.05) is 24.4 Å². The van der Waals surface area contributed by atoms with Crippen molar-refractivity contribution in [2.45, 2.75) is 27.0 Å². The molecule has 0 aliphatic carbocycles. The highest BCUT2D eigenvalue weighted by Crippen LogP contribution is 2.22. The molecule has 0 amide bonds. The monoisotopic (exact) mass is 343 g/mol. The highest BCUT2D eigenvalue weighted by Gasteiger charge is 2.09. The first-order valence-electron chi connectivity index (χ1n) is 7.48. The molecule has 1 heterocycles. The van der Waals surface area contributed by atoms with Crippen molar-refractivity contribution >= 4 is 17.2 Å². The number of ether oxygens (including phenoxy) is 1. The summed E-state index contributed by atoms with van der Waals surface area (Å²) in [4.78, 5) is 0. The minimum atomic E-state index is -0.581. The molecule has 0 atom stereocenters. The lowest BCUT2D eigenvalue weighted by molar-refractivity contribution is 0.289. The van der Waals surface area contributed by atoms with Crippen molar-refractivity contribution in [3.63, 3.8) is 0 Å². The number of hydrogen-bond donors (Lipinski definition) is 3. The van der Waals surface area contributed by atoms with E-state index in [1.165, 1.54) is 12.1 Å². The van der Waals surface area contributed by atoms with E-state index in [4.69, 9.17) is 21.1 Å². The summed E-state index contributed by atoms with van der Waals surface area (Å²) in [5, 5.41) is 23.8. The van der Waals surface area contributed by atoms with Gasteiger partial charge >= 0.3 is 0 Å².